The minimum atomic E-state index is -4.84. The largest absolute Gasteiger partial charge is 0.573 e. The van der Waals surface area contributed by atoms with Gasteiger partial charge in [-0.15, -0.1) is 13.2 Å². The Morgan fingerprint density at radius 1 is 1.10 bits per heavy atom. The Hall–Kier alpha value is -1.81. The summed E-state index contributed by atoms with van der Waals surface area (Å²) in [6, 6.07) is 3.92. The van der Waals surface area contributed by atoms with Gasteiger partial charge in [0.15, 0.2) is 0 Å². The number of benzene rings is 1. The summed E-state index contributed by atoms with van der Waals surface area (Å²) in [4.78, 5) is 14.1. The van der Waals surface area contributed by atoms with E-state index < -0.39 is 22.1 Å². The van der Waals surface area contributed by atoms with Crippen LogP contribution in [-0.4, -0.2) is 45.2 Å². The van der Waals surface area contributed by atoms with Crippen LogP contribution in [0, 0.1) is 11.8 Å². The number of nitrogens with one attached hydrogen (secondary N) is 1. The Balaban J connectivity index is 1.48. The monoisotopic (exact) mass is 434 g/mol. The van der Waals surface area contributed by atoms with E-state index in [1.807, 2.05) is 4.90 Å². The van der Waals surface area contributed by atoms with Crippen LogP contribution < -0.4 is 9.46 Å². The molecule has 162 valence electrons. The molecule has 0 radical (unpaired) electrons. The summed E-state index contributed by atoms with van der Waals surface area (Å²) in [5, 5.41) is 0. The van der Waals surface area contributed by atoms with Crippen LogP contribution in [0.5, 0.6) is 5.75 Å². The van der Waals surface area contributed by atoms with Crippen molar-refractivity contribution in [2.75, 3.05) is 19.6 Å². The van der Waals surface area contributed by atoms with E-state index in [1.165, 1.54) is 19.3 Å². The number of carbonyl (C=O) groups excluding carboxylic acids is 1. The first-order valence-electron chi connectivity index (χ1n) is 9.77. The second-order valence-electron chi connectivity index (χ2n) is 7.60. The average Bonchev–Trinajstić information content (AvgIpc) is 2.66. The maximum Gasteiger partial charge on any atom is 0.573 e. The molecule has 10 heteroatoms. The number of carbonyl (C=O) groups is 1. The van der Waals surface area contributed by atoms with Crippen LogP contribution in [-0.2, 0) is 14.8 Å². The third-order valence-corrected chi connectivity index (χ3v) is 7.12. The second-order valence-corrected chi connectivity index (χ2v) is 9.37. The predicted octanol–water partition coefficient (Wildman–Crippen LogP) is 3.29. The van der Waals surface area contributed by atoms with Gasteiger partial charge in [-0.2, -0.15) is 0 Å². The number of amides is 1. The van der Waals surface area contributed by atoms with Crippen LogP contribution in [0.15, 0.2) is 29.2 Å². The molecule has 1 heterocycles. The van der Waals surface area contributed by atoms with Crippen molar-refractivity contribution in [1.82, 2.24) is 9.62 Å². The molecule has 1 saturated heterocycles. The van der Waals surface area contributed by atoms with Gasteiger partial charge in [0.05, 0.1) is 4.90 Å². The molecule has 1 amide bonds. The van der Waals surface area contributed by atoms with Crippen LogP contribution >= 0.6 is 0 Å². The highest BCUT2D eigenvalue weighted by Gasteiger charge is 2.33. The molecule has 0 spiro atoms. The summed E-state index contributed by atoms with van der Waals surface area (Å²) in [7, 11) is -3.92. The van der Waals surface area contributed by atoms with Gasteiger partial charge in [0.2, 0.25) is 15.9 Å². The number of alkyl halides is 3. The SMILES string of the molecule is O=C(CCNS(=O)(=O)c1ccc(OC(F)(F)F)cc1)N1CC[C@H]2CCCC[C@H]2C1. The van der Waals surface area contributed by atoms with Gasteiger partial charge in [-0.25, -0.2) is 13.1 Å². The first kappa shape index (κ1) is 21.9. The smallest absolute Gasteiger partial charge is 0.406 e. The lowest BCUT2D eigenvalue weighted by molar-refractivity contribution is -0.274. The van der Waals surface area contributed by atoms with E-state index in [-0.39, 0.29) is 23.8 Å². The maximum atomic E-state index is 12.4. The minimum absolute atomic E-state index is 0.0475. The molecule has 2 aliphatic rings. The van der Waals surface area contributed by atoms with E-state index in [1.54, 1.807) is 0 Å². The van der Waals surface area contributed by atoms with Crippen molar-refractivity contribution < 1.29 is 31.1 Å². The highest BCUT2D eigenvalue weighted by atomic mass is 32.2. The highest BCUT2D eigenvalue weighted by Crippen LogP contribution is 2.36. The van der Waals surface area contributed by atoms with Gasteiger partial charge in [0.25, 0.3) is 0 Å². The Morgan fingerprint density at radius 2 is 1.76 bits per heavy atom. The Labute approximate surface area is 168 Å². The fourth-order valence-corrected chi connectivity index (χ4v) is 5.21. The quantitative estimate of drug-likeness (QED) is 0.746. The number of likely N-dealkylation sites (tertiary alicyclic amines) is 1. The molecule has 29 heavy (non-hydrogen) atoms. The Morgan fingerprint density at radius 3 is 2.41 bits per heavy atom. The van der Waals surface area contributed by atoms with Gasteiger partial charge >= 0.3 is 6.36 Å². The van der Waals surface area contributed by atoms with Gasteiger partial charge in [-0.05, 0) is 48.9 Å². The molecule has 0 aromatic heterocycles. The van der Waals surface area contributed by atoms with Crippen molar-refractivity contribution in [3.8, 4) is 5.75 Å². The van der Waals surface area contributed by atoms with Crippen LogP contribution in [0.1, 0.15) is 38.5 Å². The molecule has 6 nitrogen and oxygen atoms in total. The number of hydrogen-bond acceptors (Lipinski definition) is 4. The van der Waals surface area contributed by atoms with E-state index >= 15 is 0 Å². The molecule has 1 aromatic carbocycles. The zero-order valence-corrected chi connectivity index (χ0v) is 16.8. The molecule has 1 saturated carbocycles. The Kier molecular flexibility index (Phi) is 6.72. The van der Waals surface area contributed by atoms with Crippen molar-refractivity contribution in [3.63, 3.8) is 0 Å². The lowest BCUT2D eigenvalue weighted by Gasteiger charge is -2.41. The van der Waals surface area contributed by atoms with Crippen molar-refractivity contribution in [2.45, 2.75) is 49.8 Å². The fraction of sp³-hybridized carbons (Fsp3) is 0.632. The summed E-state index contributed by atoms with van der Waals surface area (Å²) >= 11 is 0. The van der Waals surface area contributed by atoms with E-state index in [0.29, 0.717) is 18.4 Å². The predicted molar refractivity (Wildman–Crippen MR) is 99.6 cm³/mol. The summed E-state index contributed by atoms with van der Waals surface area (Å²) < 4.78 is 67.1. The molecular formula is C19H25F3N2O4S. The normalized spacial score (nSPS) is 22.8. The molecule has 2 fully saturated rings. The van der Waals surface area contributed by atoms with Crippen molar-refractivity contribution in [1.29, 1.82) is 0 Å². The first-order valence-corrected chi connectivity index (χ1v) is 11.3. The van der Waals surface area contributed by atoms with Crippen molar-refractivity contribution >= 4 is 15.9 Å². The first-order chi connectivity index (χ1) is 13.6. The molecule has 1 aromatic rings. The number of halogens is 3. The molecule has 1 aliphatic heterocycles. The number of hydrogen-bond donors (Lipinski definition) is 1. The van der Waals surface area contributed by atoms with Crippen LogP contribution in [0.4, 0.5) is 13.2 Å². The van der Waals surface area contributed by atoms with Gasteiger partial charge in [-0.1, -0.05) is 19.3 Å². The lowest BCUT2D eigenvalue weighted by Crippen LogP contribution is -2.45. The van der Waals surface area contributed by atoms with Crippen LogP contribution in [0.2, 0.25) is 0 Å². The number of piperidine rings is 1. The molecular weight excluding hydrogens is 409 g/mol. The maximum absolute atomic E-state index is 12.4. The molecule has 1 aliphatic carbocycles. The molecule has 0 bridgehead atoms. The standard InChI is InChI=1S/C19H25F3N2O4S/c20-19(21,22)28-16-5-7-17(8-6-16)29(26,27)23-11-9-18(25)24-12-10-14-3-1-2-4-15(14)13-24/h5-8,14-15,23H,1-4,9-13H2/t14-,15+/m1/s1. The number of fused-ring (bicyclic) bond motifs is 1. The van der Waals surface area contributed by atoms with Gasteiger partial charge < -0.3 is 9.64 Å². The van der Waals surface area contributed by atoms with Gasteiger partial charge in [0, 0.05) is 26.1 Å². The number of nitrogens with zero attached hydrogens (tertiary/aromatic N) is 1. The summed E-state index contributed by atoms with van der Waals surface area (Å²) in [6.07, 6.45) is 1.07. The van der Waals surface area contributed by atoms with Crippen LogP contribution in [0.25, 0.3) is 0 Å². The second kappa shape index (κ2) is 8.91. The van der Waals surface area contributed by atoms with Gasteiger partial charge in [-0.3, -0.25) is 4.79 Å². The van der Waals surface area contributed by atoms with Gasteiger partial charge in [0.1, 0.15) is 5.75 Å². The van der Waals surface area contributed by atoms with Crippen molar-refractivity contribution in [3.05, 3.63) is 24.3 Å². The third kappa shape index (κ3) is 6.08. The highest BCUT2D eigenvalue weighted by molar-refractivity contribution is 7.89. The molecule has 1 N–H and O–H groups in total. The summed E-state index contributed by atoms with van der Waals surface area (Å²) in [5.41, 5.74) is 0. The average molecular weight is 434 g/mol. The van der Waals surface area contributed by atoms with Crippen LogP contribution in [0.3, 0.4) is 0 Å². The van der Waals surface area contributed by atoms with E-state index in [9.17, 15) is 26.4 Å². The van der Waals surface area contributed by atoms with E-state index in [2.05, 4.69) is 9.46 Å². The number of sulfonamides is 1. The lowest BCUT2D eigenvalue weighted by atomic mass is 9.75. The zero-order valence-electron chi connectivity index (χ0n) is 16.0. The molecule has 0 unspecified atom stereocenters. The topological polar surface area (TPSA) is 75.7 Å². The third-order valence-electron chi connectivity index (χ3n) is 5.64. The zero-order chi connectivity index (χ0) is 21.1. The number of ether oxygens (including phenoxy) is 1. The van der Waals surface area contributed by atoms with E-state index in [4.69, 9.17) is 0 Å². The summed E-state index contributed by atoms with van der Waals surface area (Å²) in [5.74, 6) is 0.676. The minimum Gasteiger partial charge on any atom is -0.406 e. The fourth-order valence-electron chi connectivity index (χ4n) is 4.18. The van der Waals surface area contributed by atoms with E-state index in [0.717, 1.165) is 43.7 Å². The Bertz CT molecular complexity index is 812. The molecule has 3 rings (SSSR count). The van der Waals surface area contributed by atoms with Crippen molar-refractivity contribution in [2.24, 2.45) is 11.8 Å². The summed E-state index contributed by atoms with van der Waals surface area (Å²) in [6.45, 7) is 1.40. The molecule has 2 atom stereocenters. The number of rotatable bonds is 6.